The third-order valence-corrected chi connectivity index (χ3v) is 4.55. The van der Waals surface area contributed by atoms with Crippen molar-refractivity contribution in [3.63, 3.8) is 0 Å². The van der Waals surface area contributed by atoms with E-state index in [0.717, 1.165) is 4.70 Å². The van der Waals surface area contributed by atoms with Crippen LogP contribution in [0, 0.1) is 5.92 Å². The molecule has 8 heteroatoms. The van der Waals surface area contributed by atoms with Crippen molar-refractivity contribution >= 4 is 39.4 Å². The molecule has 0 fully saturated rings. The molecular formula is C18H22N2O5S. The van der Waals surface area contributed by atoms with Gasteiger partial charge in [0, 0.05) is 6.42 Å². The van der Waals surface area contributed by atoms with Crippen molar-refractivity contribution in [3.8, 4) is 0 Å². The summed E-state index contributed by atoms with van der Waals surface area (Å²) < 4.78 is 12.1. The van der Waals surface area contributed by atoms with E-state index in [1.807, 2.05) is 13.8 Å². The second kappa shape index (κ2) is 8.75. The molecule has 1 aromatic carbocycles. The van der Waals surface area contributed by atoms with Crippen molar-refractivity contribution in [2.24, 2.45) is 10.9 Å². The molecule has 1 aromatic heterocycles. The number of methoxy groups -OCH3 is 1. The van der Waals surface area contributed by atoms with Gasteiger partial charge in [0.05, 0.1) is 29.5 Å². The molecule has 0 bridgehead atoms. The van der Waals surface area contributed by atoms with E-state index in [4.69, 9.17) is 9.47 Å². The number of carbonyl (C=O) groups is 3. The molecule has 0 saturated carbocycles. The normalized spacial score (nSPS) is 11.8. The average molecular weight is 378 g/mol. The van der Waals surface area contributed by atoms with E-state index >= 15 is 0 Å². The molecule has 0 radical (unpaired) electrons. The highest BCUT2D eigenvalue weighted by Gasteiger charge is 2.15. The Morgan fingerprint density at radius 3 is 2.62 bits per heavy atom. The average Bonchev–Trinajstić information content (AvgIpc) is 2.90. The number of carbonyl (C=O) groups excluding carboxylic acids is 3. The van der Waals surface area contributed by atoms with Gasteiger partial charge in [-0.1, -0.05) is 25.2 Å². The molecule has 0 saturated heterocycles. The molecule has 0 unspecified atom stereocenters. The maximum absolute atomic E-state index is 12.1. The predicted octanol–water partition coefficient (Wildman–Crippen LogP) is 2.53. The number of esters is 2. The first-order valence-corrected chi connectivity index (χ1v) is 9.12. The van der Waals surface area contributed by atoms with Gasteiger partial charge in [0.25, 0.3) is 0 Å². The first kappa shape index (κ1) is 19.8. The number of nitrogens with zero attached hydrogens (tertiary/aromatic N) is 2. The maximum Gasteiger partial charge on any atom is 0.338 e. The van der Waals surface area contributed by atoms with Crippen LogP contribution in [0.1, 0.15) is 37.6 Å². The zero-order valence-corrected chi connectivity index (χ0v) is 16.1. The van der Waals surface area contributed by atoms with Crippen LogP contribution in [0.3, 0.4) is 0 Å². The molecule has 0 aliphatic heterocycles. The molecule has 2 rings (SSSR count). The van der Waals surface area contributed by atoms with E-state index in [-0.39, 0.29) is 25.0 Å². The predicted molar refractivity (Wildman–Crippen MR) is 97.8 cm³/mol. The molecule has 0 spiro atoms. The molecule has 26 heavy (non-hydrogen) atoms. The lowest BCUT2D eigenvalue weighted by atomic mass is 10.1. The Labute approximate surface area is 155 Å². The molecule has 2 aromatic rings. The number of aromatic nitrogens is 1. The number of hydrogen-bond donors (Lipinski definition) is 0. The van der Waals surface area contributed by atoms with Crippen LogP contribution >= 0.6 is 11.3 Å². The number of fused-ring (bicyclic) bond motifs is 1. The first-order valence-electron chi connectivity index (χ1n) is 8.30. The lowest BCUT2D eigenvalue weighted by Gasteiger charge is -2.05. The van der Waals surface area contributed by atoms with Crippen molar-refractivity contribution in [3.05, 3.63) is 28.6 Å². The Hall–Kier alpha value is -2.48. The van der Waals surface area contributed by atoms with E-state index in [2.05, 4.69) is 4.99 Å². The summed E-state index contributed by atoms with van der Waals surface area (Å²) in [5.74, 6) is -0.936. The Bertz CT molecular complexity index is 895. The summed E-state index contributed by atoms with van der Waals surface area (Å²) in [5.41, 5.74) is 1.11. The summed E-state index contributed by atoms with van der Waals surface area (Å²) in [6, 6.07) is 5.02. The zero-order chi connectivity index (χ0) is 19.3. The van der Waals surface area contributed by atoms with Gasteiger partial charge in [0.2, 0.25) is 5.91 Å². The highest BCUT2D eigenvalue weighted by molar-refractivity contribution is 7.16. The van der Waals surface area contributed by atoms with Gasteiger partial charge in [-0.05, 0) is 31.0 Å². The molecule has 1 heterocycles. The molecule has 0 aliphatic carbocycles. The quantitative estimate of drug-likeness (QED) is 0.721. The monoisotopic (exact) mass is 378 g/mol. The Balaban J connectivity index is 2.55. The molecule has 7 nitrogen and oxygen atoms in total. The van der Waals surface area contributed by atoms with Crippen LogP contribution in [0.15, 0.2) is 23.2 Å². The standard InChI is InChI=1S/C18H22N2O5S/c1-5-25-17(23)12-6-7-13-14(9-12)26-18(19-15(21)8-11(2)3)20(13)10-16(22)24-4/h6-7,9,11H,5,8,10H2,1-4H3. The van der Waals surface area contributed by atoms with Crippen molar-refractivity contribution in [2.45, 2.75) is 33.7 Å². The van der Waals surface area contributed by atoms with Crippen LogP contribution in [0.25, 0.3) is 10.2 Å². The zero-order valence-electron chi connectivity index (χ0n) is 15.3. The molecule has 1 amide bonds. The van der Waals surface area contributed by atoms with Crippen molar-refractivity contribution < 1.29 is 23.9 Å². The third kappa shape index (κ3) is 4.78. The van der Waals surface area contributed by atoms with Crippen LogP contribution in [0.4, 0.5) is 0 Å². The highest BCUT2D eigenvalue weighted by atomic mass is 32.1. The van der Waals surface area contributed by atoms with E-state index in [1.165, 1.54) is 18.4 Å². The van der Waals surface area contributed by atoms with Gasteiger partial charge in [0.15, 0.2) is 4.80 Å². The van der Waals surface area contributed by atoms with Crippen molar-refractivity contribution in [1.29, 1.82) is 0 Å². The molecule has 140 valence electrons. The number of ether oxygens (including phenoxy) is 2. The van der Waals surface area contributed by atoms with Gasteiger partial charge in [-0.3, -0.25) is 9.59 Å². The van der Waals surface area contributed by atoms with Gasteiger partial charge < -0.3 is 14.0 Å². The van der Waals surface area contributed by atoms with Crippen molar-refractivity contribution in [2.75, 3.05) is 13.7 Å². The fourth-order valence-electron chi connectivity index (χ4n) is 2.35. The lowest BCUT2D eigenvalue weighted by Crippen LogP contribution is -2.22. The number of hydrogen-bond acceptors (Lipinski definition) is 6. The van der Waals surface area contributed by atoms with Gasteiger partial charge in [-0.2, -0.15) is 4.99 Å². The minimum atomic E-state index is -0.447. The third-order valence-electron chi connectivity index (χ3n) is 3.51. The Morgan fingerprint density at radius 1 is 1.27 bits per heavy atom. The van der Waals surface area contributed by atoms with E-state index in [9.17, 15) is 14.4 Å². The first-order chi connectivity index (χ1) is 12.3. The van der Waals surface area contributed by atoms with Crippen LogP contribution in [-0.4, -0.2) is 36.1 Å². The largest absolute Gasteiger partial charge is 0.468 e. The minimum Gasteiger partial charge on any atom is -0.468 e. The van der Waals surface area contributed by atoms with Crippen LogP contribution in [0.2, 0.25) is 0 Å². The van der Waals surface area contributed by atoms with E-state index in [1.54, 1.807) is 29.7 Å². The van der Waals surface area contributed by atoms with Gasteiger partial charge in [-0.15, -0.1) is 0 Å². The fourth-order valence-corrected chi connectivity index (χ4v) is 3.43. The highest BCUT2D eigenvalue weighted by Crippen LogP contribution is 2.20. The number of rotatable bonds is 6. The summed E-state index contributed by atoms with van der Waals surface area (Å²) >= 11 is 1.24. The Morgan fingerprint density at radius 2 is 2.00 bits per heavy atom. The maximum atomic E-state index is 12.1. The topological polar surface area (TPSA) is 87.0 Å². The summed E-state index contributed by atoms with van der Waals surface area (Å²) in [6.45, 7) is 5.83. The number of thiazole rings is 1. The van der Waals surface area contributed by atoms with Gasteiger partial charge in [-0.25, -0.2) is 4.79 Å². The summed E-state index contributed by atoms with van der Waals surface area (Å²) in [7, 11) is 1.30. The smallest absolute Gasteiger partial charge is 0.338 e. The van der Waals surface area contributed by atoms with Crippen LogP contribution < -0.4 is 4.80 Å². The minimum absolute atomic E-state index is 0.0664. The van der Waals surface area contributed by atoms with E-state index < -0.39 is 11.9 Å². The SMILES string of the molecule is CCOC(=O)c1ccc2c(c1)sc(=NC(=O)CC(C)C)n2CC(=O)OC. The Kier molecular flexibility index (Phi) is 6.68. The number of amides is 1. The second-order valence-corrected chi connectivity index (χ2v) is 7.06. The second-order valence-electron chi connectivity index (χ2n) is 6.05. The molecule has 0 atom stereocenters. The summed E-state index contributed by atoms with van der Waals surface area (Å²) in [5, 5.41) is 0. The van der Waals surface area contributed by atoms with Gasteiger partial charge >= 0.3 is 11.9 Å². The van der Waals surface area contributed by atoms with Gasteiger partial charge in [0.1, 0.15) is 6.54 Å². The molecule has 0 aliphatic rings. The molecule has 0 N–H and O–H groups in total. The summed E-state index contributed by atoms with van der Waals surface area (Å²) in [4.78, 5) is 40.3. The fraction of sp³-hybridized carbons (Fsp3) is 0.444. The van der Waals surface area contributed by atoms with E-state index in [0.29, 0.717) is 22.3 Å². The van der Waals surface area contributed by atoms with Crippen LogP contribution in [0.5, 0.6) is 0 Å². The van der Waals surface area contributed by atoms with Crippen LogP contribution in [-0.2, 0) is 25.6 Å². The molecular weight excluding hydrogens is 356 g/mol. The van der Waals surface area contributed by atoms with Crippen molar-refractivity contribution in [1.82, 2.24) is 4.57 Å². The summed E-state index contributed by atoms with van der Waals surface area (Å²) in [6.07, 6.45) is 0.320. The number of benzene rings is 1. The lowest BCUT2D eigenvalue weighted by molar-refractivity contribution is -0.141.